The van der Waals surface area contributed by atoms with E-state index in [1.165, 1.54) is 17.5 Å². The molecule has 0 spiro atoms. The second-order valence-electron chi connectivity index (χ2n) is 6.17. The molecule has 4 N–H and O–H groups in total. The lowest BCUT2D eigenvalue weighted by Gasteiger charge is -2.29. The molecule has 2 fully saturated rings. The minimum absolute atomic E-state index is 0.0430. The Kier molecular flexibility index (Phi) is 3.24. The minimum atomic E-state index is -0.136. The zero-order chi connectivity index (χ0) is 14.3. The van der Waals surface area contributed by atoms with E-state index in [9.17, 15) is 4.79 Å². The van der Waals surface area contributed by atoms with Gasteiger partial charge in [-0.2, -0.15) is 4.99 Å². The molecule has 0 aromatic heterocycles. The van der Waals surface area contributed by atoms with E-state index in [-0.39, 0.29) is 23.7 Å². The van der Waals surface area contributed by atoms with Gasteiger partial charge in [0.05, 0.1) is 5.92 Å². The van der Waals surface area contributed by atoms with E-state index in [0.717, 1.165) is 12.8 Å². The predicted molar refractivity (Wildman–Crippen MR) is 79.1 cm³/mol. The van der Waals surface area contributed by atoms with E-state index in [2.05, 4.69) is 36.2 Å². The maximum Gasteiger partial charge on any atom is 0.252 e. The van der Waals surface area contributed by atoms with Gasteiger partial charge in [-0.15, -0.1) is 0 Å². The normalized spacial score (nSPS) is 31.2. The highest BCUT2D eigenvalue weighted by Crippen LogP contribution is 2.57. The van der Waals surface area contributed by atoms with Crippen molar-refractivity contribution in [3.05, 3.63) is 35.4 Å². The summed E-state index contributed by atoms with van der Waals surface area (Å²) in [5.74, 6) is 1.03. The predicted octanol–water partition coefficient (Wildman–Crippen LogP) is 1.92. The standard InChI is InChI=1S/C16H21N3O/c1-9-2-4-10(5-3-9)13-11-6-7-12(8-11)14(13)15(20)19-16(17)18/h2-5,11-14H,6-8H2,1H3,(H4,17,18,19,20)/t11?,12?,13-,14-/m0/s1. The first-order valence-corrected chi connectivity index (χ1v) is 7.26. The van der Waals surface area contributed by atoms with Crippen LogP contribution in [0.25, 0.3) is 0 Å². The smallest absolute Gasteiger partial charge is 0.252 e. The van der Waals surface area contributed by atoms with Crippen LogP contribution < -0.4 is 11.5 Å². The molecule has 4 atom stereocenters. The Balaban J connectivity index is 1.93. The first-order valence-electron chi connectivity index (χ1n) is 7.26. The summed E-state index contributed by atoms with van der Waals surface area (Å²) in [5, 5.41) is 0. The summed E-state index contributed by atoms with van der Waals surface area (Å²) in [6, 6.07) is 8.53. The molecular formula is C16H21N3O. The van der Waals surface area contributed by atoms with Crippen LogP contribution in [0.2, 0.25) is 0 Å². The highest BCUT2D eigenvalue weighted by Gasteiger charge is 2.51. The van der Waals surface area contributed by atoms with E-state index in [4.69, 9.17) is 11.5 Å². The van der Waals surface area contributed by atoms with E-state index in [1.54, 1.807) is 0 Å². The van der Waals surface area contributed by atoms with Gasteiger partial charge >= 0.3 is 0 Å². The highest BCUT2D eigenvalue weighted by molar-refractivity contribution is 5.93. The lowest BCUT2D eigenvalue weighted by Crippen LogP contribution is -2.31. The molecule has 0 aliphatic heterocycles. The second kappa shape index (κ2) is 4.93. The van der Waals surface area contributed by atoms with E-state index >= 15 is 0 Å². The number of nitrogens with zero attached hydrogens (tertiary/aromatic N) is 1. The summed E-state index contributed by atoms with van der Waals surface area (Å²) >= 11 is 0. The van der Waals surface area contributed by atoms with Crippen LogP contribution >= 0.6 is 0 Å². The summed E-state index contributed by atoms with van der Waals surface area (Å²) < 4.78 is 0. The number of fused-ring (bicyclic) bond motifs is 2. The SMILES string of the molecule is Cc1ccc([C@H]2C3CCC(C3)[C@@H]2C(=O)N=C(N)N)cc1. The summed E-state index contributed by atoms with van der Waals surface area (Å²) in [6.45, 7) is 2.08. The van der Waals surface area contributed by atoms with E-state index < -0.39 is 0 Å². The molecule has 106 valence electrons. The molecule has 1 aromatic carbocycles. The van der Waals surface area contributed by atoms with Crippen molar-refractivity contribution >= 4 is 11.9 Å². The summed E-state index contributed by atoms with van der Waals surface area (Å²) in [6.07, 6.45) is 3.48. The molecule has 20 heavy (non-hydrogen) atoms. The molecule has 0 heterocycles. The van der Waals surface area contributed by atoms with Gasteiger partial charge in [-0.25, -0.2) is 0 Å². The van der Waals surface area contributed by atoms with Crippen molar-refractivity contribution < 1.29 is 4.79 Å². The molecule has 0 radical (unpaired) electrons. The molecule has 4 heteroatoms. The number of rotatable bonds is 2. The molecule has 1 aromatic rings. The molecule has 3 rings (SSSR count). The van der Waals surface area contributed by atoms with Crippen molar-refractivity contribution in [2.75, 3.05) is 0 Å². The average Bonchev–Trinajstić information content (AvgIpc) is 2.99. The first kappa shape index (κ1) is 13.2. The van der Waals surface area contributed by atoms with Crippen LogP contribution in [-0.2, 0) is 4.79 Å². The average molecular weight is 271 g/mol. The number of carbonyl (C=O) groups excluding carboxylic acids is 1. The van der Waals surface area contributed by atoms with Crippen LogP contribution in [0.4, 0.5) is 0 Å². The Morgan fingerprint density at radius 1 is 1.15 bits per heavy atom. The zero-order valence-corrected chi connectivity index (χ0v) is 11.8. The van der Waals surface area contributed by atoms with Crippen LogP contribution in [0.1, 0.15) is 36.3 Å². The Morgan fingerprint density at radius 2 is 1.80 bits per heavy atom. The van der Waals surface area contributed by atoms with Crippen molar-refractivity contribution in [1.29, 1.82) is 0 Å². The third kappa shape index (κ3) is 2.19. The largest absolute Gasteiger partial charge is 0.370 e. The lowest BCUT2D eigenvalue weighted by atomic mass is 9.75. The van der Waals surface area contributed by atoms with Gasteiger partial charge in [0.2, 0.25) is 0 Å². The van der Waals surface area contributed by atoms with Gasteiger partial charge in [-0.05, 0) is 49.5 Å². The van der Waals surface area contributed by atoms with Crippen LogP contribution in [0.15, 0.2) is 29.3 Å². The second-order valence-corrected chi connectivity index (χ2v) is 6.17. The molecule has 0 saturated heterocycles. The Hall–Kier alpha value is -1.84. The molecular weight excluding hydrogens is 250 g/mol. The van der Waals surface area contributed by atoms with Crippen molar-refractivity contribution in [3.8, 4) is 0 Å². The molecule has 2 bridgehead atoms. The first-order chi connectivity index (χ1) is 9.56. The number of guanidine groups is 1. The van der Waals surface area contributed by atoms with Crippen LogP contribution in [-0.4, -0.2) is 11.9 Å². The lowest BCUT2D eigenvalue weighted by molar-refractivity contribution is -0.123. The number of nitrogens with two attached hydrogens (primary N) is 2. The summed E-state index contributed by atoms with van der Waals surface area (Å²) in [4.78, 5) is 16.2. The number of hydrogen-bond donors (Lipinski definition) is 2. The quantitative estimate of drug-likeness (QED) is 0.637. The van der Waals surface area contributed by atoms with Gasteiger partial charge in [-0.3, -0.25) is 4.79 Å². The van der Waals surface area contributed by atoms with Gasteiger partial charge in [0, 0.05) is 0 Å². The maximum atomic E-state index is 12.3. The molecule has 2 unspecified atom stereocenters. The van der Waals surface area contributed by atoms with Crippen LogP contribution in [0.3, 0.4) is 0 Å². The van der Waals surface area contributed by atoms with Gasteiger partial charge in [0.1, 0.15) is 0 Å². The third-order valence-electron chi connectivity index (χ3n) is 4.90. The summed E-state index contributed by atoms with van der Waals surface area (Å²) in [7, 11) is 0. The van der Waals surface area contributed by atoms with Crippen molar-refractivity contribution in [2.24, 2.45) is 34.2 Å². The van der Waals surface area contributed by atoms with E-state index in [0.29, 0.717) is 11.8 Å². The molecule has 2 aliphatic rings. The highest BCUT2D eigenvalue weighted by atomic mass is 16.1. The monoisotopic (exact) mass is 271 g/mol. The maximum absolute atomic E-state index is 12.3. The number of aryl methyl sites for hydroxylation is 1. The number of benzene rings is 1. The molecule has 2 aliphatic carbocycles. The molecule has 2 saturated carbocycles. The number of aliphatic imine (C=N–C) groups is 1. The number of hydrogen-bond acceptors (Lipinski definition) is 1. The fraction of sp³-hybridized carbons (Fsp3) is 0.500. The number of carbonyl (C=O) groups is 1. The topological polar surface area (TPSA) is 81.5 Å². The van der Waals surface area contributed by atoms with Crippen molar-refractivity contribution in [1.82, 2.24) is 0 Å². The fourth-order valence-electron chi connectivity index (χ4n) is 4.12. The summed E-state index contributed by atoms with van der Waals surface area (Å²) in [5.41, 5.74) is 13.2. The van der Waals surface area contributed by atoms with Crippen LogP contribution in [0, 0.1) is 24.7 Å². The fourth-order valence-corrected chi connectivity index (χ4v) is 4.12. The molecule has 1 amide bonds. The Labute approximate surface area is 119 Å². The van der Waals surface area contributed by atoms with Gasteiger partial charge < -0.3 is 11.5 Å². The number of amides is 1. The van der Waals surface area contributed by atoms with Gasteiger partial charge in [-0.1, -0.05) is 29.8 Å². The Bertz CT molecular complexity index is 545. The minimum Gasteiger partial charge on any atom is -0.370 e. The Morgan fingerprint density at radius 3 is 2.45 bits per heavy atom. The molecule has 4 nitrogen and oxygen atoms in total. The van der Waals surface area contributed by atoms with E-state index in [1.807, 2.05) is 0 Å². The van der Waals surface area contributed by atoms with Gasteiger partial charge in [0.25, 0.3) is 5.91 Å². The van der Waals surface area contributed by atoms with Crippen molar-refractivity contribution in [3.63, 3.8) is 0 Å². The van der Waals surface area contributed by atoms with Crippen molar-refractivity contribution in [2.45, 2.75) is 32.1 Å². The van der Waals surface area contributed by atoms with Gasteiger partial charge in [0.15, 0.2) is 5.96 Å². The third-order valence-corrected chi connectivity index (χ3v) is 4.90. The zero-order valence-electron chi connectivity index (χ0n) is 11.8. The van der Waals surface area contributed by atoms with Crippen LogP contribution in [0.5, 0.6) is 0 Å².